The Bertz CT molecular complexity index is 1260. The van der Waals surface area contributed by atoms with Crippen LogP contribution < -0.4 is 5.73 Å². The summed E-state index contributed by atoms with van der Waals surface area (Å²) >= 11 is 2.92. The molecule has 0 spiro atoms. The quantitative estimate of drug-likeness (QED) is 0.490. The first kappa shape index (κ1) is 18.7. The van der Waals surface area contributed by atoms with E-state index in [0.717, 1.165) is 40.0 Å². The van der Waals surface area contributed by atoms with Gasteiger partial charge < -0.3 is 5.73 Å². The summed E-state index contributed by atoms with van der Waals surface area (Å²) in [7, 11) is 0. The van der Waals surface area contributed by atoms with Crippen molar-refractivity contribution in [2.45, 2.75) is 51.1 Å². The number of primary amides is 1. The molecule has 5 rings (SSSR count). The van der Waals surface area contributed by atoms with Gasteiger partial charge in [-0.3, -0.25) is 9.20 Å². The van der Waals surface area contributed by atoms with Gasteiger partial charge in [0.05, 0.1) is 11.3 Å². The summed E-state index contributed by atoms with van der Waals surface area (Å²) < 4.78 is 2.84. The molecule has 4 aromatic rings. The summed E-state index contributed by atoms with van der Waals surface area (Å²) in [6, 6.07) is 0. The van der Waals surface area contributed by atoms with Crippen LogP contribution in [0.1, 0.15) is 43.5 Å². The first-order valence-corrected chi connectivity index (χ1v) is 11.7. The number of hydrogen-bond donors (Lipinski definition) is 1. The molecule has 1 aliphatic rings. The van der Waals surface area contributed by atoms with E-state index < -0.39 is 0 Å². The van der Waals surface area contributed by atoms with Crippen molar-refractivity contribution in [2.75, 3.05) is 5.75 Å². The van der Waals surface area contributed by atoms with Crippen molar-refractivity contribution in [2.24, 2.45) is 11.7 Å². The van der Waals surface area contributed by atoms with E-state index in [1.165, 1.54) is 46.8 Å². The molecule has 0 aromatic carbocycles. The van der Waals surface area contributed by atoms with Gasteiger partial charge in [0.25, 0.3) is 0 Å². The number of nitrogens with zero attached hydrogens (tertiary/aromatic N) is 5. The highest BCUT2D eigenvalue weighted by Gasteiger charge is 2.24. The summed E-state index contributed by atoms with van der Waals surface area (Å²) in [4.78, 5) is 22.0. The zero-order valence-corrected chi connectivity index (χ0v) is 18.1. The Balaban J connectivity index is 1.74. The van der Waals surface area contributed by atoms with Crippen molar-refractivity contribution in [3.05, 3.63) is 23.1 Å². The van der Waals surface area contributed by atoms with Gasteiger partial charge in [-0.05, 0) is 49.1 Å². The molecule has 0 saturated heterocycles. The molecule has 0 bridgehead atoms. The van der Waals surface area contributed by atoms with Crippen LogP contribution in [-0.2, 0) is 24.1 Å². The van der Waals surface area contributed by atoms with E-state index in [4.69, 9.17) is 15.7 Å². The highest BCUT2D eigenvalue weighted by Crippen LogP contribution is 2.40. The fourth-order valence-corrected chi connectivity index (χ4v) is 5.96. The lowest BCUT2D eigenvalue weighted by molar-refractivity contribution is -0.115. The Kier molecular flexibility index (Phi) is 4.66. The third-order valence-electron chi connectivity index (χ3n) is 5.33. The van der Waals surface area contributed by atoms with E-state index in [1.807, 2.05) is 4.40 Å². The summed E-state index contributed by atoms with van der Waals surface area (Å²) in [6.45, 7) is 4.50. The predicted molar refractivity (Wildman–Crippen MR) is 117 cm³/mol. The van der Waals surface area contributed by atoms with Crippen molar-refractivity contribution >= 4 is 55.1 Å². The Morgan fingerprint density at radius 3 is 2.83 bits per heavy atom. The maximum Gasteiger partial charge on any atom is 0.227 e. The smallest absolute Gasteiger partial charge is 0.227 e. The lowest BCUT2D eigenvalue weighted by atomic mass is 9.87. The summed E-state index contributed by atoms with van der Waals surface area (Å²) in [5, 5.41) is 10.5. The van der Waals surface area contributed by atoms with Gasteiger partial charge in [-0.25, -0.2) is 9.97 Å². The number of carbonyl (C=O) groups is 1. The Morgan fingerprint density at radius 2 is 2.07 bits per heavy atom. The number of pyridine rings is 1. The summed E-state index contributed by atoms with van der Waals surface area (Å²) in [6.07, 6.45) is 7.41. The zero-order chi connectivity index (χ0) is 20.1. The van der Waals surface area contributed by atoms with Crippen molar-refractivity contribution in [3.8, 4) is 0 Å². The van der Waals surface area contributed by atoms with Crippen molar-refractivity contribution in [1.29, 1.82) is 0 Å². The maximum atomic E-state index is 11.1. The molecular weight excluding hydrogens is 404 g/mol. The van der Waals surface area contributed by atoms with Crippen LogP contribution in [0, 0.1) is 5.92 Å². The molecule has 9 heteroatoms. The minimum absolute atomic E-state index is 0.166. The minimum Gasteiger partial charge on any atom is -0.369 e. The molecule has 7 nitrogen and oxygen atoms in total. The number of amides is 1. The van der Waals surface area contributed by atoms with Crippen LogP contribution in [0.2, 0.25) is 0 Å². The van der Waals surface area contributed by atoms with E-state index in [1.54, 1.807) is 17.7 Å². The number of carbonyl (C=O) groups excluding carboxylic acids is 1. The van der Waals surface area contributed by atoms with Crippen LogP contribution in [0.25, 0.3) is 26.1 Å². The van der Waals surface area contributed by atoms with E-state index in [-0.39, 0.29) is 11.7 Å². The second-order valence-electron chi connectivity index (χ2n) is 7.96. The monoisotopic (exact) mass is 426 g/mol. The SMILES string of the molecule is CC(C)Cc1nc2sc3c(ncn4c(SCC(N)=O)nnc34)c2c2c1CCCC2. The Labute approximate surface area is 176 Å². The van der Waals surface area contributed by atoms with Gasteiger partial charge in [-0.2, -0.15) is 0 Å². The normalized spacial score (nSPS) is 14.3. The molecule has 29 heavy (non-hydrogen) atoms. The molecule has 0 aliphatic heterocycles. The van der Waals surface area contributed by atoms with E-state index in [0.29, 0.717) is 11.1 Å². The largest absolute Gasteiger partial charge is 0.369 e. The van der Waals surface area contributed by atoms with Crippen molar-refractivity contribution in [1.82, 2.24) is 24.6 Å². The second-order valence-corrected chi connectivity index (χ2v) is 9.90. The second kappa shape index (κ2) is 7.21. The van der Waals surface area contributed by atoms with E-state index >= 15 is 0 Å². The highest BCUT2D eigenvalue weighted by molar-refractivity contribution is 7.99. The van der Waals surface area contributed by atoms with Crippen LogP contribution in [0.3, 0.4) is 0 Å². The molecule has 2 N–H and O–H groups in total. The molecule has 0 unspecified atom stereocenters. The van der Waals surface area contributed by atoms with Gasteiger partial charge >= 0.3 is 0 Å². The molecule has 1 amide bonds. The third-order valence-corrected chi connectivity index (χ3v) is 7.37. The van der Waals surface area contributed by atoms with Crippen LogP contribution in [0.15, 0.2) is 11.5 Å². The Hall–Kier alpha value is -2.26. The lowest BCUT2D eigenvalue weighted by Gasteiger charge is -2.20. The van der Waals surface area contributed by atoms with Crippen molar-refractivity contribution in [3.63, 3.8) is 0 Å². The number of aromatic nitrogens is 5. The summed E-state index contributed by atoms with van der Waals surface area (Å²) in [5.41, 5.74) is 11.1. The number of hydrogen-bond acceptors (Lipinski definition) is 7. The molecule has 150 valence electrons. The molecule has 0 atom stereocenters. The van der Waals surface area contributed by atoms with Crippen LogP contribution in [0.4, 0.5) is 0 Å². The number of fused-ring (bicyclic) bond motifs is 7. The predicted octanol–water partition coefficient (Wildman–Crippen LogP) is 3.54. The van der Waals surface area contributed by atoms with E-state index in [9.17, 15) is 4.79 Å². The van der Waals surface area contributed by atoms with Gasteiger partial charge in [0.1, 0.15) is 15.9 Å². The van der Waals surface area contributed by atoms with Gasteiger partial charge in [0, 0.05) is 11.1 Å². The van der Waals surface area contributed by atoms with Crippen molar-refractivity contribution < 1.29 is 4.79 Å². The van der Waals surface area contributed by atoms with Crippen LogP contribution in [-0.4, -0.2) is 36.2 Å². The van der Waals surface area contributed by atoms with Gasteiger partial charge in [0.15, 0.2) is 10.8 Å². The summed E-state index contributed by atoms with van der Waals surface area (Å²) in [5.74, 6) is 0.362. The fraction of sp³-hybridized carbons (Fsp3) is 0.450. The molecule has 4 aromatic heterocycles. The van der Waals surface area contributed by atoms with E-state index in [2.05, 4.69) is 24.0 Å². The fourth-order valence-electron chi connectivity index (χ4n) is 4.17. The average Bonchev–Trinajstić information content (AvgIpc) is 3.26. The van der Waals surface area contributed by atoms with Gasteiger partial charge in [-0.1, -0.05) is 25.6 Å². The number of aryl methyl sites for hydroxylation is 1. The standard InChI is InChI=1S/C20H22N6OS2/c1-10(2)7-13-11-5-3-4-6-12(11)15-16-17(29-19(15)23-13)18-24-25-20(26(18)9-22-16)28-8-14(21)27/h9-10H,3-8H2,1-2H3,(H2,21,27). The van der Waals surface area contributed by atoms with Crippen LogP contribution in [0.5, 0.6) is 0 Å². The molecule has 1 aliphatic carbocycles. The average molecular weight is 427 g/mol. The first-order chi connectivity index (χ1) is 14.0. The van der Waals surface area contributed by atoms with Gasteiger partial charge in [-0.15, -0.1) is 21.5 Å². The maximum absolute atomic E-state index is 11.1. The molecule has 4 heterocycles. The molecule has 0 fully saturated rings. The minimum atomic E-state index is -0.379. The Morgan fingerprint density at radius 1 is 1.28 bits per heavy atom. The number of thiophene rings is 1. The third kappa shape index (κ3) is 3.16. The highest BCUT2D eigenvalue weighted by atomic mass is 32.2. The number of rotatable bonds is 5. The van der Waals surface area contributed by atoms with Crippen LogP contribution >= 0.6 is 23.1 Å². The zero-order valence-electron chi connectivity index (χ0n) is 16.4. The number of nitrogens with two attached hydrogens (primary N) is 1. The van der Waals surface area contributed by atoms with Gasteiger partial charge in [0.2, 0.25) is 5.91 Å². The molecule has 0 saturated carbocycles. The first-order valence-electron chi connectivity index (χ1n) is 9.90. The number of thioether (sulfide) groups is 1. The molecule has 0 radical (unpaired) electrons. The molecular formula is C20H22N6OS2. The topological polar surface area (TPSA) is 99.1 Å². The lowest BCUT2D eigenvalue weighted by Crippen LogP contribution is -2.13.